The monoisotopic (exact) mass is 366 g/mol. The molecule has 0 bridgehead atoms. The topological polar surface area (TPSA) is 40.6 Å². The number of carbonyl (C=O) groups excluding carboxylic acids is 2. The van der Waals surface area contributed by atoms with Crippen molar-refractivity contribution in [3.05, 3.63) is 48.0 Å². The van der Waals surface area contributed by atoms with E-state index in [1.165, 1.54) is 11.1 Å². The predicted octanol–water partition coefficient (Wildman–Crippen LogP) is 3.21. The van der Waals surface area contributed by atoms with Gasteiger partial charge in [-0.05, 0) is 55.1 Å². The lowest BCUT2D eigenvalue weighted by Gasteiger charge is -2.47. The normalized spacial score (nSPS) is 24.6. The van der Waals surface area contributed by atoms with E-state index in [4.69, 9.17) is 0 Å². The second-order valence-electron chi connectivity index (χ2n) is 8.60. The summed E-state index contributed by atoms with van der Waals surface area (Å²) in [7, 11) is 0. The molecule has 1 aromatic carbocycles. The standard InChI is InChI=1S/C23H30N2O2/c1-2-13-25-17-23(10-9-21(25)26)11-14-24(15-12-23)22(27)20-8-7-18-5-3-4-6-19(18)16-20/h2-6,20H,1,7-17H2. The number of likely N-dealkylation sites (tertiary alicyclic amines) is 2. The van der Waals surface area contributed by atoms with Gasteiger partial charge in [0.05, 0.1) is 0 Å². The molecular formula is C23H30N2O2. The van der Waals surface area contributed by atoms with Crippen molar-refractivity contribution < 1.29 is 9.59 Å². The molecule has 4 rings (SSSR count). The Balaban J connectivity index is 1.36. The summed E-state index contributed by atoms with van der Waals surface area (Å²) in [5.41, 5.74) is 2.96. The number of hydrogen-bond donors (Lipinski definition) is 0. The maximum atomic E-state index is 13.1. The van der Waals surface area contributed by atoms with Crippen LogP contribution in [0.4, 0.5) is 0 Å². The average molecular weight is 367 g/mol. The molecule has 0 aromatic heterocycles. The Hall–Kier alpha value is -2.10. The molecule has 3 aliphatic rings. The highest BCUT2D eigenvalue weighted by Crippen LogP contribution is 2.40. The average Bonchev–Trinajstić information content (AvgIpc) is 2.71. The van der Waals surface area contributed by atoms with E-state index in [-0.39, 0.29) is 17.2 Å². The van der Waals surface area contributed by atoms with Crippen LogP contribution in [-0.4, -0.2) is 47.8 Å². The zero-order chi connectivity index (χ0) is 18.9. The highest BCUT2D eigenvalue weighted by atomic mass is 16.2. The minimum absolute atomic E-state index is 0.138. The number of hydrogen-bond acceptors (Lipinski definition) is 2. The Morgan fingerprint density at radius 1 is 1.15 bits per heavy atom. The number of rotatable bonds is 3. The van der Waals surface area contributed by atoms with Crippen molar-refractivity contribution in [3.63, 3.8) is 0 Å². The van der Waals surface area contributed by atoms with Gasteiger partial charge in [0.1, 0.15) is 0 Å². The number of benzene rings is 1. The molecule has 0 radical (unpaired) electrons. The lowest BCUT2D eigenvalue weighted by molar-refractivity contribution is -0.144. The van der Waals surface area contributed by atoms with Crippen LogP contribution < -0.4 is 0 Å². The quantitative estimate of drug-likeness (QED) is 0.771. The lowest BCUT2D eigenvalue weighted by Crippen LogP contribution is -2.53. The molecule has 1 atom stereocenters. The van der Waals surface area contributed by atoms with Gasteiger partial charge in [-0.3, -0.25) is 9.59 Å². The first-order valence-electron chi connectivity index (χ1n) is 10.3. The largest absolute Gasteiger partial charge is 0.342 e. The van der Waals surface area contributed by atoms with Crippen LogP contribution in [0.3, 0.4) is 0 Å². The van der Waals surface area contributed by atoms with E-state index in [9.17, 15) is 9.59 Å². The van der Waals surface area contributed by atoms with Crippen LogP contribution in [-0.2, 0) is 22.4 Å². The van der Waals surface area contributed by atoms with E-state index >= 15 is 0 Å². The maximum Gasteiger partial charge on any atom is 0.226 e. The van der Waals surface area contributed by atoms with E-state index < -0.39 is 0 Å². The van der Waals surface area contributed by atoms with Gasteiger partial charge in [-0.15, -0.1) is 6.58 Å². The molecule has 2 heterocycles. The minimum Gasteiger partial charge on any atom is -0.342 e. The third-order valence-corrected chi connectivity index (χ3v) is 6.93. The van der Waals surface area contributed by atoms with Gasteiger partial charge in [0.15, 0.2) is 0 Å². The molecule has 2 fully saturated rings. The lowest BCUT2D eigenvalue weighted by atomic mass is 9.72. The molecule has 1 aliphatic carbocycles. The summed E-state index contributed by atoms with van der Waals surface area (Å²) in [6.07, 6.45) is 8.34. The number of amides is 2. The second-order valence-corrected chi connectivity index (χ2v) is 8.60. The van der Waals surface area contributed by atoms with Gasteiger partial charge in [-0.2, -0.15) is 0 Å². The van der Waals surface area contributed by atoms with Gasteiger partial charge in [0.25, 0.3) is 0 Å². The van der Waals surface area contributed by atoms with E-state index in [2.05, 4.69) is 35.7 Å². The summed E-state index contributed by atoms with van der Waals surface area (Å²) in [6, 6.07) is 8.54. The van der Waals surface area contributed by atoms with Gasteiger partial charge < -0.3 is 9.80 Å². The minimum atomic E-state index is 0.138. The predicted molar refractivity (Wildman–Crippen MR) is 106 cm³/mol. The Kier molecular flexibility index (Phi) is 5.07. The SMILES string of the molecule is C=CCN1CC2(CCC1=O)CCN(C(=O)C1CCc3ccccc3C1)CC2. The Labute approximate surface area is 162 Å². The van der Waals surface area contributed by atoms with Crippen LogP contribution in [0, 0.1) is 11.3 Å². The molecule has 0 N–H and O–H groups in total. The highest BCUT2D eigenvalue weighted by molar-refractivity contribution is 5.80. The summed E-state index contributed by atoms with van der Waals surface area (Å²) < 4.78 is 0. The van der Waals surface area contributed by atoms with Crippen LogP contribution >= 0.6 is 0 Å². The first-order chi connectivity index (χ1) is 13.1. The Morgan fingerprint density at radius 3 is 2.63 bits per heavy atom. The van der Waals surface area contributed by atoms with Crippen LogP contribution in [0.25, 0.3) is 0 Å². The highest BCUT2D eigenvalue weighted by Gasteiger charge is 2.42. The smallest absolute Gasteiger partial charge is 0.226 e. The van der Waals surface area contributed by atoms with Crippen molar-refractivity contribution in [2.45, 2.75) is 44.9 Å². The number of fused-ring (bicyclic) bond motifs is 1. The second kappa shape index (κ2) is 7.49. The van der Waals surface area contributed by atoms with Crippen LogP contribution in [0.2, 0.25) is 0 Å². The molecule has 2 amide bonds. The number of piperidine rings is 2. The third-order valence-electron chi connectivity index (χ3n) is 6.93. The number of nitrogens with zero attached hydrogens (tertiary/aromatic N) is 2. The van der Waals surface area contributed by atoms with Gasteiger partial charge in [-0.25, -0.2) is 0 Å². The molecule has 27 heavy (non-hydrogen) atoms. The first kappa shape index (κ1) is 18.3. The Bertz CT molecular complexity index is 734. The molecule has 1 aromatic rings. The fourth-order valence-corrected chi connectivity index (χ4v) is 5.20. The molecular weight excluding hydrogens is 336 g/mol. The summed E-state index contributed by atoms with van der Waals surface area (Å²) in [6.45, 7) is 6.93. The van der Waals surface area contributed by atoms with Crippen molar-refractivity contribution in [2.75, 3.05) is 26.2 Å². The molecule has 2 saturated heterocycles. The third kappa shape index (κ3) is 3.67. The summed E-state index contributed by atoms with van der Waals surface area (Å²) in [5, 5.41) is 0. The van der Waals surface area contributed by atoms with Crippen molar-refractivity contribution in [1.29, 1.82) is 0 Å². The molecule has 4 nitrogen and oxygen atoms in total. The van der Waals surface area contributed by atoms with E-state index in [1.54, 1.807) is 0 Å². The molecule has 0 saturated carbocycles. The van der Waals surface area contributed by atoms with Crippen LogP contribution in [0.5, 0.6) is 0 Å². The van der Waals surface area contributed by atoms with E-state index in [0.29, 0.717) is 18.9 Å². The molecule has 2 aliphatic heterocycles. The van der Waals surface area contributed by atoms with Crippen molar-refractivity contribution in [1.82, 2.24) is 9.80 Å². The number of aryl methyl sites for hydroxylation is 1. The van der Waals surface area contributed by atoms with Crippen molar-refractivity contribution in [3.8, 4) is 0 Å². The van der Waals surface area contributed by atoms with Crippen molar-refractivity contribution in [2.24, 2.45) is 11.3 Å². The summed E-state index contributed by atoms with van der Waals surface area (Å²) >= 11 is 0. The molecule has 144 valence electrons. The van der Waals surface area contributed by atoms with Crippen LogP contribution in [0.15, 0.2) is 36.9 Å². The summed E-state index contributed by atoms with van der Waals surface area (Å²) in [4.78, 5) is 29.3. The molecule has 1 spiro atoms. The zero-order valence-electron chi connectivity index (χ0n) is 16.2. The van der Waals surface area contributed by atoms with Crippen molar-refractivity contribution >= 4 is 11.8 Å². The number of carbonyl (C=O) groups is 2. The zero-order valence-corrected chi connectivity index (χ0v) is 16.2. The van der Waals surface area contributed by atoms with Crippen LogP contribution in [0.1, 0.15) is 43.2 Å². The Morgan fingerprint density at radius 2 is 1.89 bits per heavy atom. The van der Waals surface area contributed by atoms with Gasteiger partial charge in [0.2, 0.25) is 11.8 Å². The molecule has 4 heteroatoms. The summed E-state index contributed by atoms with van der Waals surface area (Å²) in [5.74, 6) is 0.730. The maximum absolute atomic E-state index is 13.1. The van der Waals surface area contributed by atoms with E-state index in [0.717, 1.165) is 58.2 Å². The fraction of sp³-hybridized carbons (Fsp3) is 0.565. The molecule has 1 unspecified atom stereocenters. The van der Waals surface area contributed by atoms with Gasteiger partial charge in [-0.1, -0.05) is 30.3 Å². The first-order valence-corrected chi connectivity index (χ1v) is 10.3. The van der Waals surface area contributed by atoms with Gasteiger partial charge >= 0.3 is 0 Å². The van der Waals surface area contributed by atoms with E-state index in [1.807, 2.05) is 11.0 Å². The fourth-order valence-electron chi connectivity index (χ4n) is 5.20. The van der Waals surface area contributed by atoms with Gasteiger partial charge in [0, 0.05) is 38.5 Å².